The van der Waals surface area contributed by atoms with E-state index in [0.29, 0.717) is 37.3 Å². The molecule has 27 heavy (non-hydrogen) atoms. The van der Waals surface area contributed by atoms with Crippen LogP contribution in [-0.4, -0.2) is 48.8 Å². The molecule has 1 aromatic heterocycles. The maximum atomic E-state index is 13.0. The Kier molecular flexibility index (Phi) is 6.99. The second kappa shape index (κ2) is 8.83. The third kappa shape index (κ3) is 6.03. The van der Waals surface area contributed by atoms with Crippen LogP contribution < -0.4 is 10.2 Å². The molecule has 1 N–H and O–H groups in total. The predicted molar refractivity (Wildman–Crippen MR) is 95.2 cm³/mol. The molecule has 0 radical (unpaired) electrons. The zero-order valence-electron chi connectivity index (χ0n) is 15.7. The summed E-state index contributed by atoms with van der Waals surface area (Å²) in [6.07, 6.45) is -2.38. The van der Waals surface area contributed by atoms with Crippen molar-refractivity contribution < 1.29 is 32.7 Å². The first-order chi connectivity index (χ1) is 12.6. The van der Waals surface area contributed by atoms with Crippen molar-refractivity contribution in [1.29, 1.82) is 0 Å². The molecule has 2 rings (SSSR count). The molecule has 2 amide bonds. The highest BCUT2D eigenvalue weighted by molar-refractivity contribution is 7.14. The van der Waals surface area contributed by atoms with Gasteiger partial charge in [0.25, 0.3) is 12.3 Å². The molecule has 7 nitrogen and oxygen atoms in total. The van der Waals surface area contributed by atoms with E-state index in [4.69, 9.17) is 9.47 Å². The lowest BCUT2D eigenvalue weighted by molar-refractivity contribution is 0.0126. The number of thiophene rings is 1. The molecule has 0 unspecified atom stereocenters. The number of rotatable bonds is 5. The van der Waals surface area contributed by atoms with Crippen molar-refractivity contribution in [1.82, 2.24) is 10.4 Å². The van der Waals surface area contributed by atoms with E-state index >= 15 is 0 Å². The number of hydrogen-bond donors (Lipinski definition) is 1. The highest BCUT2D eigenvalue weighted by Gasteiger charge is 2.29. The largest absolute Gasteiger partial charge is 0.489 e. The zero-order chi connectivity index (χ0) is 20.2. The molecular weight excluding hydrogens is 382 g/mol. The third-order valence-electron chi connectivity index (χ3n) is 3.72. The van der Waals surface area contributed by atoms with Crippen molar-refractivity contribution in [3.63, 3.8) is 0 Å². The normalized spacial score (nSPS) is 15.7. The van der Waals surface area contributed by atoms with Gasteiger partial charge in [0.05, 0.1) is 12.0 Å². The number of hydrogen-bond acceptors (Lipinski definition) is 6. The van der Waals surface area contributed by atoms with Crippen molar-refractivity contribution in [3.8, 4) is 5.75 Å². The first kappa shape index (κ1) is 21.4. The first-order valence-electron chi connectivity index (χ1n) is 8.50. The molecule has 0 atom stereocenters. The molecule has 0 saturated carbocycles. The third-order valence-corrected chi connectivity index (χ3v) is 4.84. The van der Waals surface area contributed by atoms with Crippen LogP contribution in [0.4, 0.5) is 13.6 Å². The summed E-state index contributed by atoms with van der Waals surface area (Å²) in [7, 11) is 1.26. The fraction of sp³-hybridized carbons (Fsp3) is 0.647. The van der Waals surface area contributed by atoms with Crippen LogP contribution in [-0.2, 0) is 9.57 Å². The summed E-state index contributed by atoms with van der Waals surface area (Å²) >= 11 is 0.664. The molecule has 10 heteroatoms. The average molecular weight is 406 g/mol. The average Bonchev–Trinajstić information content (AvgIpc) is 2.98. The van der Waals surface area contributed by atoms with Gasteiger partial charge in [0.15, 0.2) is 0 Å². The Labute approximate surface area is 160 Å². The van der Waals surface area contributed by atoms with E-state index in [-0.39, 0.29) is 21.6 Å². The van der Waals surface area contributed by atoms with Crippen LogP contribution in [0.25, 0.3) is 0 Å². The van der Waals surface area contributed by atoms with Crippen LogP contribution in [0.15, 0.2) is 6.07 Å². The first-order valence-corrected chi connectivity index (χ1v) is 9.32. The van der Waals surface area contributed by atoms with E-state index in [2.05, 4.69) is 10.3 Å². The standard InChI is InChI=1S/C17H24F2N2O5S/c1-17(2,3)26-16(23)21-7-5-10(6-8-21)25-11-9-12(14(18)19)27-13(11)15(22)20-24-4/h9-10,14H,5-8H2,1-4H3,(H,20,22). The van der Waals surface area contributed by atoms with Gasteiger partial charge in [0.2, 0.25) is 0 Å². The zero-order valence-corrected chi connectivity index (χ0v) is 16.5. The van der Waals surface area contributed by atoms with Crippen molar-refractivity contribution in [2.24, 2.45) is 0 Å². The molecule has 1 fully saturated rings. The summed E-state index contributed by atoms with van der Waals surface area (Å²) in [5, 5.41) is 0. The summed E-state index contributed by atoms with van der Waals surface area (Å²) in [4.78, 5) is 30.0. The van der Waals surface area contributed by atoms with Crippen molar-refractivity contribution >= 4 is 23.3 Å². The lowest BCUT2D eigenvalue weighted by Gasteiger charge is -2.33. The number of nitrogens with one attached hydrogen (secondary N) is 1. The minimum Gasteiger partial charge on any atom is -0.489 e. The Balaban J connectivity index is 2.00. The fourth-order valence-corrected chi connectivity index (χ4v) is 3.38. The van der Waals surface area contributed by atoms with E-state index in [1.54, 1.807) is 25.7 Å². The van der Waals surface area contributed by atoms with Gasteiger partial charge in [-0.1, -0.05) is 0 Å². The molecule has 0 aliphatic carbocycles. The number of ether oxygens (including phenoxy) is 2. The minimum absolute atomic E-state index is 0.0294. The summed E-state index contributed by atoms with van der Waals surface area (Å²) in [5.41, 5.74) is 1.54. The number of hydroxylamine groups is 1. The molecular formula is C17H24F2N2O5S. The number of amides is 2. The van der Waals surface area contributed by atoms with Gasteiger partial charge in [-0.15, -0.1) is 11.3 Å². The number of piperidine rings is 1. The van der Waals surface area contributed by atoms with Gasteiger partial charge < -0.3 is 14.4 Å². The van der Waals surface area contributed by atoms with Crippen LogP contribution in [0.1, 0.15) is 54.6 Å². The number of alkyl halides is 2. The van der Waals surface area contributed by atoms with E-state index in [9.17, 15) is 18.4 Å². The summed E-state index contributed by atoms with van der Waals surface area (Å²) in [5.74, 6) is -0.545. The Bertz CT molecular complexity index is 667. The van der Waals surface area contributed by atoms with Gasteiger partial charge in [-0.3, -0.25) is 9.63 Å². The SMILES string of the molecule is CONC(=O)c1sc(C(F)F)cc1OC1CCN(C(=O)OC(C)(C)C)CC1. The fourth-order valence-electron chi connectivity index (χ4n) is 2.55. The second-order valence-corrected chi connectivity index (χ2v) is 8.15. The number of likely N-dealkylation sites (tertiary alicyclic amines) is 1. The highest BCUT2D eigenvalue weighted by atomic mass is 32.1. The topological polar surface area (TPSA) is 77.1 Å². The monoisotopic (exact) mass is 406 g/mol. The number of carbonyl (C=O) groups excluding carboxylic acids is 2. The molecule has 2 heterocycles. The number of halogens is 2. The molecule has 1 aromatic rings. The summed E-state index contributed by atoms with van der Waals surface area (Å²) < 4.78 is 37.1. The Morgan fingerprint density at radius 3 is 2.44 bits per heavy atom. The van der Waals surface area contributed by atoms with Crippen LogP contribution in [0.2, 0.25) is 0 Å². The minimum atomic E-state index is -2.70. The van der Waals surface area contributed by atoms with E-state index in [1.165, 1.54) is 13.2 Å². The molecule has 0 spiro atoms. The Hall–Kier alpha value is -1.94. The quantitative estimate of drug-likeness (QED) is 0.754. The maximum Gasteiger partial charge on any atom is 0.410 e. The molecule has 1 aliphatic heterocycles. The van der Waals surface area contributed by atoms with Gasteiger partial charge in [0.1, 0.15) is 22.3 Å². The number of nitrogens with zero attached hydrogens (tertiary/aromatic N) is 1. The van der Waals surface area contributed by atoms with Crippen molar-refractivity contribution in [3.05, 3.63) is 15.8 Å². The van der Waals surface area contributed by atoms with Crippen LogP contribution in [0.5, 0.6) is 5.75 Å². The summed E-state index contributed by atoms with van der Waals surface area (Å²) in [6.45, 7) is 6.23. The van der Waals surface area contributed by atoms with Crippen molar-refractivity contribution in [2.75, 3.05) is 20.2 Å². The van der Waals surface area contributed by atoms with Gasteiger partial charge in [0, 0.05) is 32.0 Å². The Morgan fingerprint density at radius 1 is 1.30 bits per heavy atom. The predicted octanol–water partition coefficient (Wildman–Crippen LogP) is 3.76. The van der Waals surface area contributed by atoms with E-state index < -0.39 is 24.0 Å². The molecule has 0 aromatic carbocycles. The van der Waals surface area contributed by atoms with Gasteiger partial charge >= 0.3 is 6.09 Å². The van der Waals surface area contributed by atoms with Crippen molar-refractivity contribution in [2.45, 2.75) is 51.7 Å². The number of carbonyl (C=O) groups is 2. The van der Waals surface area contributed by atoms with Crippen LogP contribution in [0.3, 0.4) is 0 Å². The smallest absolute Gasteiger partial charge is 0.410 e. The lowest BCUT2D eigenvalue weighted by Crippen LogP contribution is -2.44. The van der Waals surface area contributed by atoms with Gasteiger partial charge in [-0.25, -0.2) is 19.1 Å². The van der Waals surface area contributed by atoms with E-state index in [0.717, 1.165) is 0 Å². The Morgan fingerprint density at radius 2 is 1.93 bits per heavy atom. The maximum absolute atomic E-state index is 13.0. The van der Waals surface area contributed by atoms with Crippen LogP contribution in [0, 0.1) is 0 Å². The van der Waals surface area contributed by atoms with Gasteiger partial charge in [-0.05, 0) is 20.8 Å². The highest BCUT2D eigenvalue weighted by Crippen LogP contribution is 2.36. The van der Waals surface area contributed by atoms with E-state index in [1.807, 2.05) is 0 Å². The summed E-state index contributed by atoms with van der Waals surface area (Å²) in [6, 6.07) is 1.18. The second-order valence-electron chi connectivity index (χ2n) is 7.06. The molecule has 0 bridgehead atoms. The molecule has 152 valence electrons. The van der Waals surface area contributed by atoms with Crippen LogP contribution >= 0.6 is 11.3 Å². The van der Waals surface area contributed by atoms with Gasteiger partial charge in [-0.2, -0.15) is 0 Å². The lowest BCUT2D eigenvalue weighted by atomic mass is 10.1. The molecule has 1 aliphatic rings. The molecule has 1 saturated heterocycles.